The van der Waals surface area contributed by atoms with E-state index in [1.54, 1.807) is 11.3 Å². The second kappa shape index (κ2) is 5.60. The van der Waals surface area contributed by atoms with Crippen molar-refractivity contribution >= 4 is 11.3 Å². The number of aryl methyl sites for hydroxylation is 3. The first-order valence-electron chi connectivity index (χ1n) is 6.08. The van der Waals surface area contributed by atoms with E-state index in [0.717, 1.165) is 34.1 Å². The molecule has 0 aliphatic carbocycles. The highest BCUT2D eigenvalue weighted by molar-refractivity contribution is 7.11. The fourth-order valence-electron chi connectivity index (χ4n) is 2.02. The minimum atomic E-state index is -0.0261. The molecule has 1 unspecified atom stereocenters. The summed E-state index contributed by atoms with van der Waals surface area (Å²) in [4.78, 5) is 5.60. The number of thiazole rings is 1. The normalized spacial score (nSPS) is 12.9. The van der Waals surface area contributed by atoms with Crippen molar-refractivity contribution in [1.82, 2.24) is 20.2 Å². The predicted molar refractivity (Wildman–Crippen MR) is 73.3 cm³/mol. The van der Waals surface area contributed by atoms with Crippen LogP contribution in [-0.2, 0) is 6.54 Å². The summed E-state index contributed by atoms with van der Waals surface area (Å²) in [7, 11) is 0. The lowest BCUT2D eigenvalue weighted by molar-refractivity contribution is 0.598. The fourth-order valence-corrected chi connectivity index (χ4v) is 3.03. The van der Waals surface area contributed by atoms with Gasteiger partial charge >= 0.3 is 0 Å². The van der Waals surface area contributed by atoms with Gasteiger partial charge in [-0.05, 0) is 20.3 Å². The summed E-state index contributed by atoms with van der Waals surface area (Å²) < 4.78 is 1.95. The Morgan fingerprint density at radius 1 is 1.50 bits per heavy atom. The van der Waals surface area contributed by atoms with Crippen LogP contribution in [0.3, 0.4) is 0 Å². The summed E-state index contributed by atoms with van der Waals surface area (Å²) in [5, 5.41) is 5.40. The van der Waals surface area contributed by atoms with Crippen molar-refractivity contribution in [1.29, 1.82) is 0 Å². The summed E-state index contributed by atoms with van der Waals surface area (Å²) in [6, 6.07) is -0.0261. The van der Waals surface area contributed by atoms with Gasteiger partial charge in [0.15, 0.2) is 0 Å². The van der Waals surface area contributed by atoms with E-state index in [0.29, 0.717) is 0 Å². The third-order valence-corrected chi connectivity index (χ3v) is 3.95. The van der Waals surface area contributed by atoms with Gasteiger partial charge < -0.3 is 0 Å². The molecule has 0 saturated carbocycles. The molecule has 2 aromatic rings. The van der Waals surface area contributed by atoms with E-state index in [2.05, 4.69) is 22.4 Å². The van der Waals surface area contributed by atoms with Crippen LogP contribution in [0.15, 0.2) is 12.4 Å². The molecule has 0 spiro atoms. The summed E-state index contributed by atoms with van der Waals surface area (Å²) in [6.45, 7) is 7.09. The number of nitrogens with two attached hydrogens (primary N) is 1. The van der Waals surface area contributed by atoms with Crippen LogP contribution in [0.4, 0.5) is 0 Å². The zero-order chi connectivity index (χ0) is 13.1. The molecular formula is C12H19N5S. The number of aromatic nitrogens is 3. The molecule has 2 rings (SSSR count). The topological polar surface area (TPSA) is 68.8 Å². The van der Waals surface area contributed by atoms with Crippen molar-refractivity contribution in [2.24, 2.45) is 5.84 Å². The molecule has 18 heavy (non-hydrogen) atoms. The van der Waals surface area contributed by atoms with Gasteiger partial charge in [0.1, 0.15) is 0 Å². The van der Waals surface area contributed by atoms with Crippen molar-refractivity contribution < 1.29 is 0 Å². The van der Waals surface area contributed by atoms with Crippen molar-refractivity contribution in [3.8, 4) is 0 Å². The van der Waals surface area contributed by atoms with E-state index in [-0.39, 0.29) is 6.04 Å². The van der Waals surface area contributed by atoms with Crippen LogP contribution in [0, 0.1) is 13.8 Å². The van der Waals surface area contributed by atoms with E-state index >= 15 is 0 Å². The standard InChI is InChI=1S/C12H19N5S/c1-4-5-17-7-10(6-14-17)11(16-13)12-8(2)15-9(3)18-12/h6-7,11,16H,4-5,13H2,1-3H3. The lowest BCUT2D eigenvalue weighted by Crippen LogP contribution is -2.28. The monoisotopic (exact) mass is 265 g/mol. The quantitative estimate of drug-likeness (QED) is 0.640. The SMILES string of the molecule is CCCn1cc(C(NN)c2sc(C)nc2C)cn1. The minimum Gasteiger partial charge on any atom is -0.272 e. The third kappa shape index (κ3) is 2.60. The number of nitrogens with zero attached hydrogens (tertiary/aromatic N) is 3. The van der Waals surface area contributed by atoms with Crippen molar-refractivity contribution in [3.05, 3.63) is 33.5 Å². The van der Waals surface area contributed by atoms with Crippen molar-refractivity contribution in [2.45, 2.75) is 39.8 Å². The summed E-state index contributed by atoms with van der Waals surface area (Å²) in [5.74, 6) is 5.69. The first-order valence-corrected chi connectivity index (χ1v) is 6.89. The van der Waals surface area contributed by atoms with Crippen LogP contribution in [0.2, 0.25) is 0 Å². The molecule has 98 valence electrons. The Morgan fingerprint density at radius 2 is 2.28 bits per heavy atom. The van der Waals surface area contributed by atoms with Gasteiger partial charge in [-0.25, -0.2) is 10.4 Å². The Bertz CT molecular complexity index is 516. The van der Waals surface area contributed by atoms with Crippen LogP contribution >= 0.6 is 11.3 Å². The van der Waals surface area contributed by atoms with Gasteiger partial charge in [0.05, 0.1) is 27.8 Å². The summed E-state index contributed by atoms with van der Waals surface area (Å²) >= 11 is 1.67. The summed E-state index contributed by atoms with van der Waals surface area (Å²) in [6.07, 6.45) is 4.98. The molecule has 5 nitrogen and oxygen atoms in total. The first kappa shape index (κ1) is 13.2. The lowest BCUT2D eigenvalue weighted by atomic mass is 10.1. The van der Waals surface area contributed by atoms with E-state index in [1.165, 1.54) is 0 Å². The largest absolute Gasteiger partial charge is 0.272 e. The molecular weight excluding hydrogens is 246 g/mol. The number of hydrazine groups is 1. The van der Waals surface area contributed by atoms with Crippen LogP contribution < -0.4 is 11.3 Å². The minimum absolute atomic E-state index is 0.0261. The van der Waals surface area contributed by atoms with E-state index in [9.17, 15) is 0 Å². The van der Waals surface area contributed by atoms with E-state index in [1.807, 2.05) is 30.9 Å². The predicted octanol–water partition coefficient (Wildman–Crippen LogP) is 1.92. The molecule has 0 fully saturated rings. The van der Waals surface area contributed by atoms with E-state index in [4.69, 9.17) is 5.84 Å². The zero-order valence-corrected chi connectivity index (χ0v) is 11.8. The van der Waals surface area contributed by atoms with Gasteiger partial charge in [0.25, 0.3) is 0 Å². The fraction of sp³-hybridized carbons (Fsp3) is 0.500. The van der Waals surface area contributed by atoms with Gasteiger partial charge in [-0.1, -0.05) is 6.92 Å². The van der Waals surface area contributed by atoms with Crippen LogP contribution in [0.25, 0.3) is 0 Å². The Balaban J connectivity index is 2.29. The smallest absolute Gasteiger partial charge is 0.0900 e. The maximum atomic E-state index is 5.69. The molecule has 3 N–H and O–H groups in total. The molecule has 0 aliphatic rings. The van der Waals surface area contributed by atoms with Gasteiger partial charge in [-0.2, -0.15) is 5.10 Å². The molecule has 0 radical (unpaired) electrons. The molecule has 2 aromatic heterocycles. The molecule has 0 amide bonds. The Labute approximate surface area is 111 Å². The van der Waals surface area contributed by atoms with Crippen LogP contribution in [0.5, 0.6) is 0 Å². The summed E-state index contributed by atoms with van der Waals surface area (Å²) in [5.41, 5.74) is 4.97. The second-order valence-electron chi connectivity index (χ2n) is 4.32. The Morgan fingerprint density at radius 3 is 2.83 bits per heavy atom. The van der Waals surface area contributed by atoms with Gasteiger partial charge in [-0.15, -0.1) is 11.3 Å². The highest BCUT2D eigenvalue weighted by atomic mass is 32.1. The Hall–Kier alpha value is -1.24. The maximum Gasteiger partial charge on any atom is 0.0900 e. The Kier molecular flexibility index (Phi) is 4.11. The van der Waals surface area contributed by atoms with Crippen LogP contribution in [-0.4, -0.2) is 14.8 Å². The van der Waals surface area contributed by atoms with Crippen LogP contribution in [0.1, 0.15) is 40.5 Å². The molecule has 1 atom stereocenters. The second-order valence-corrected chi connectivity index (χ2v) is 5.55. The van der Waals surface area contributed by atoms with Crippen molar-refractivity contribution in [3.63, 3.8) is 0 Å². The number of hydrogen-bond acceptors (Lipinski definition) is 5. The average Bonchev–Trinajstić information content (AvgIpc) is 2.89. The zero-order valence-electron chi connectivity index (χ0n) is 11.0. The molecule has 0 saturated heterocycles. The highest BCUT2D eigenvalue weighted by Crippen LogP contribution is 2.29. The van der Waals surface area contributed by atoms with Crippen molar-refractivity contribution in [2.75, 3.05) is 0 Å². The number of hydrogen-bond donors (Lipinski definition) is 2. The van der Waals surface area contributed by atoms with E-state index < -0.39 is 0 Å². The molecule has 0 bridgehead atoms. The number of rotatable bonds is 5. The average molecular weight is 265 g/mol. The highest BCUT2D eigenvalue weighted by Gasteiger charge is 2.19. The number of nitrogens with one attached hydrogen (secondary N) is 1. The molecule has 6 heteroatoms. The molecule has 0 aromatic carbocycles. The lowest BCUT2D eigenvalue weighted by Gasteiger charge is -2.12. The maximum absolute atomic E-state index is 5.69. The first-order chi connectivity index (χ1) is 8.65. The molecule has 0 aliphatic heterocycles. The van der Waals surface area contributed by atoms with Gasteiger partial charge in [0.2, 0.25) is 0 Å². The van der Waals surface area contributed by atoms with Gasteiger partial charge in [0, 0.05) is 18.3 Å². The molecule has 2 heterocycles. The third-order valence-electron chi connectivity index (χ3n) is 2.81. The van der Waals surface area contributed by atoms with Gasteiger partial charge in [-0.3, -0.25) is 10.5 Å².